The minimum Gasteiger partial charge on any atom is -0.369 e. The van der Waals surface area contributed by atoms with E-state index in [1.54, 1.807) is 0 Å². The highest BCUT2D eigenvalue weighted by Crippen LogP contribution is 2.18. The zero-order valence-corrected chi connectivity index (χ0v) is 10.8. The molecule has 0 aliphatic carbocycles. The number of benzene rings is 1. The number of piperazine rings is 1. The summed E-state index contributed by atoms with van der Waals surface area (Å²) < 4.78 is 0. The normalized spacial score (nSPS) is 23.7. The predicted octanol–water partition coefficient (Wildman–Crippen LogP) is 1.54. The lowest BCUT2D eigenvalue weighted by Crippen LogP contribution is -2.54. The maximum absolute atomic E-state index is 5.88. The van der Waals surface area contributed by atoms with Crippen molar-refractivity contribution in [3.8, 4) is 0 Å². The first-order chi connectivity index (χ1) is 8.16. The van der Waals surface area contributed by atoms with Crippen molar-refractivity contribution >= 4 is 5.69 Å². The average molecular weight is 233 g/mol. The molecule has 3 heteroatoms. The molecule has 2 atom stereocenters. The SMILES string of the molecule is CC1CN(c2ccccc2)CCN1C[C@@H](C)N. The van der Waals surface area contributed by atoms with Crippen molar-refractivity contribution in [1.82, 2.24) is 4.90 Å². The van der Waals surface area contributed by atoms with Crippen LogP contribution in [0.25, 0.3) is 0 Å². The summed E-state index contributed by atoms with van der Waals surface area (Å²) in [5, 5.41) is 0. The third-order valence-corrected chi connectivity index (χ3v) is 3.41. The second kappa shape index (κ2) is 5.52. The van der Waals surface area contributed by atoms with Crippen molar-refractivity contribution in [1.29, 1.82) is 0 Å². The van der Waals surface area contributed by atoms with E-state index in [2.05, 4.69) is 54.0 Å². The molecule has 0 radical (unpaired) electrons. The van der Waals surface area contributed by atoms with Gasteiger partial charge in [-0.25, -0.2) is 0 Å². The number of hydrogen-bond donors (Lipinski definition) is 1. The van der Waals surface area contributed by atoms with Gasteiger partial charge < -0.3 is 10.6 Å². The first-order valence-corrected chi connectivity index (χ1v) is 6.46. The first-order valence-electron chi connectivity index (χ1n) is 6.46. The third-order valence-electron chi connectivity index (χ3n) is 3.41. The van der Waals surface area contributed by atoms with Gasteiger partial charge in [-0.05, 0) is 26.0 Å². The largest absolute Gasteiger partial charge is 0.369 e. The molecule has 1 saturated heterocycles. The molecule has 1 fully saturated rings. The number of nitrogens with zero attached hydrogens (tertiary/aromatic N) is 2. The summed E-state index contributed by atoms with van der Waals surface area (Å²) >= 11 is 0. The van der Waals surface area contributed by atoms with Gasteiger partial charge in [0.05, 0.1) is 0 Å². The van der Waals surface area contributed by atoms with Gasteiger partial charge in [0, 0.05) is 44.0 Å². The van der Waals surface area contributed by atoms with E-state index in [1.807, 2.05) is 0 Å². The summed E-state index contributed by atoms with van der Waals surface area (Å²) in [7, 11) is 0. The fourth-order valence-corrected chi connectivity index (χ4v) is 2.51. The first kappa shape index (κ1) is 12.4. The number of nitrogens with two attached hydrogens (primary N) is 1. The van der Waals surface area contributed by atoms with Crippen molar-refractivity contribution in [2.75, 3.05) is 31.1 Å². The fourth-order valence-electron chi connectivity index (χ4n) is 2.51. The van der Waals surface area contributed by atoms with Crippen LogP contribution >= 0.6 is 0 Å². The number of anilines is 1. The van der Waals surface area contributed by atoms with E-state index in [9.17, 15) is 0 Å². The molecule has 0 spiro atoms. The molecule has 1 aromatic rings. The van der Waals surface area contributed by atoms with Gasteiger partial charge in [0.25, 0.3) is 0 Å². The average Bonchev–Trinajstić information content (AvgIpc) is 2.32. The van der Waals surface area contributed by atoms with Crippen LogP contribution in [0.15, 0.2) is 30.3 Å². The minimum atomic E-state index is 0.265. The van der Waals surface area contributed by atoms with Gasteiger partial charge in [-0.15, -0.1) is 0 Å². The van der Waals surface area contributed by atoms with Crippen molar-refractivity contribution in [2.24, 2.45) is 5.73 Å². The van der Waals surface area contributed by atoms with Gasteiger partial charge in [-0.1, -0.05) is 18.2 Å². The van der Waals surface area contributed by atoms with Crippen LogP contribution in [0.4, 0.5) is 5.69 Å². The van der Waals surface area contributed by atoms with E-state index in [0.717, 1.165) is 26.2 Å². The molecule has 0 aromatic heterocycles. The van der Waals surface area contributed by atoms with E-state index in [4.69, 9.17) is 5.73 Å². The van der Waals surface area contributed by atoms with Gasteiger partial charge >= 0.3 is 0 Å². The maximum Gasteiger partial charge on any atom is 0.0367 e. The topological polar surface area (TPSA) is 32.5 Å². The van der Waals surface area contributed by atoms with E-state index in [-0.39, 0.29) is 6.04 Å². The van der Waals surface area contributed by atoms with E-state index >= 15 is 0 Å². The van der Waals surface area contributed by atoms with Gasteiger partial charge in [0.15, 0.2) is 0 Å². The molecule has 1 aliphatic rings. The van der Waals surface area contributed by atoms with Crippen LogP contribution in [-0.2, 0) is 0 Å². The van der Waals surface area contributed by atoms with Gasteiger partial charge in [-0.3, -0.25) is 4.90 Å². The Morgan fingerprint density at radius 3 is 2.59 bits per heavy atom. The highest BCUT2D eigenvalue weighted by atomic mass is 15.3. The van der Waals surface area contributed by atoms with E-state index in [0.29, 0.717) is 6.04 Å². The Morgan fingerprint density at radius 1 is 1.29 bits per heavy atom. The molecule has 0 saturated carbocycles. The molecule has 2 N–H and O–H groups in total. The summed E-state index contributed by atoms with van der Waals surface area (Å²) in [5.41, 5.74) is 7.21. The van der Waals surface area contributed by atoms with Crippen molar-refractivity contribution in [3.05, 3.63) is 30.3 Å². The van der Waals surface area contributed by atoms with Crippen LogP contribution in [-0.4, -0.2) is 43.2 Å². The molecule has 0 amide bonds. The Hall–Kier alpha value is -1.06. The maximum atomic E-state index is 5.88. The molecule has 0 bridgehead atoms. The summed E-state index contributed by atoms with van der Waals surface area (Å²) in [5.74, 6) is 0. The fraction of sp³-hybridized carbons (Fsp3) is 0.571. The van der Waals surface area contributed by atoms with Crippen LogP contribution in [0.1, 0.15) is 13.8 Å². The van der Waals surface area contributed by atoms with Crippen LogP contribution < -0.4 is 10.6 Å². The molecular formula is C14H23N3. The summed E-state index contributed by atoms with van der Waals surface area (Å²) in [6.45, 7) is 8.67. The monoisotopic (exact) mass is 233 g/mol. The second-order valence-corrected chi connectivity index (χ2v) is 5.10. The number of para-hydroxylation sites is 1. The van der Waals surface area contributed by atoms with Crippen molar-refractivity contribution < 1.29 is 0 Å². The number of rotatable bonds is 3. The summed E-state index contributed by atoms with van der Waals surface area (Å²) in [4.78, 5) is 4.95. The van der Waals surface area contributed by atoms with Gasteiger partial charge in [0.2, 0.25) is 0 Å². The van der Waals surface area contributed by atoms with Crippen LogP contribution in [0.3, 0.4) is 0 Å². The van der Waals surface area contributed by atoms with Crippen molar-refractivity contribution in [3.63, 3.8) is 0 Å². The Morgan fingerprint density at radius 2 is 2.00 bits per heavy atom. The Balaban J connectivity index is 1.95. The zero-order chi connectivity index (χ0) is 12.3. The molecule has 2 rings (SSSR count). The quantitative estimate of drug-likeness (QED) is 0.859. The highest BCUT2D eigenvalue weighted by Gasteiger charge is 2.23. The molecule has 1 heterocycles. The molecule has 1 aromatic carbocycles. The summed E-state index contributed by atoms with van der Waals surface area (Å²) in [6, 6.07) is 11.5. The third kappa shape index (κ3) is 3.20. The molecule has 94 valence electrons. The lowest BCUT2D eigenvalue weighted by Gasteiger charge is -2.41. The second-order valence-electron chi connectivity index (χ2n) is 5.10. The predicted molar refractivity (Wildman–Crippen MR) is 73.3 cm³/mol. The molecular weight excluding hydrogens is 210 g/mol. The Bertz CT molecular complexity index is 337. The zero-order valence-electron chi connectivity index (χ0n) is 10.8. The van der Waals surface area contributed by atoms with Gasteiger partial charge in [0.1, 0.15) is 0 Å². The van der Waals surface area contributed by atoms with E-state index in [1.165, 1.54) is 5.69 Å². The number of hydrogen-bond acceptors (Lipinski definition) is 3. The lowest BCUT2D eigenvalue weighted by atomic mass is 10.1. The standard InChI is InChI=1S/C14H23N3/c1-12(15)10-16-8-9-17(11-13(16)2)14-6-4-3-5-7-14/h3-7,12-13H,8-11,15H2,1-2H3/t12-,13?/m1/s1. The van der Waals surface area contributed by atoms with Gasteiger partial charge in [-0.2, -0.15) is 0 Å². The highest BCUT2D eigenvalue weighted by molar-refractivity contribution is 5.46. The molecule has 3 nitrogen and oxygen atoms in total. The van der Waals surface area contributed by atoms with Crippen LogP contribution in [0.5, 0.6) is 0 Å². The van der Waals surface area contributed by atoms with Crippen LogP contribution in [0.2, 0.25) is 0 Å². The molecule has 1 aliphatic heterocycles. The lowest BCUT2D eigenvalue weighted by molar-refractivity contribution is 0.181. The van der Waals surface area contributed by atoms with Crippen molar-refractivity contribution in [2.45, 2.75) is 25.9 Å². The molecule has 1 unspecified atom stereocenters. The minimum absolute atomic E-state index is 0.265. The molecule has 17 heavy (non-hydrogen) atoms. The Kier molecular flexibility index (Phi) is 4.02. The summed E-state index contributed by atoms with van der Waals surface area (Å²) in [6.07, 6.45) is 0. The Labute approximate surface area is 104 Å². The smallest absolute Gasteiger partial charge is 0.0367 e. The van der Waals surface area contributed by atoms with Crippen LogP contribution in [0, 0.1) is 0 Å². The van der Waals surface area contributed by atoms with E-state index < -0.39 is 0 Å².